The number of hydrogen-bond donors (Lipinski definition) is 1. The highest BCUT2D eigenvalue weighted by molar-refractivity contribution is 5.79. The van der Waals surface area contributed by atoms with Crippen molar-refractivity contribution in [1.29, 1.82) is 0 Å². The molecule has 0 saturated carbocycles. The fourth-order valence-electron chi connectivity index (χ4n) is 2.66. The Morgan fingerprint density at radius 1 is 1.05 bits per heavy atom. The smallest absolute Gasteiger partial charge is 0.119 e. The Morgan fingerprint density at radius 2 is 1.80 bits per heavy atom. The predicted octanol–water partition coefficient (Wildman–Crippen LogP) is 2.66. The van der Waals surface area contributed by atoms with Gasteiger partial charge in [-0.1, -0.05) is 30.3 Å². The fourth-order valence-corrected chi connectivity index (χ4v) is 2.66. The molecule has 0 aliphatic heterocycles. The van der Waals surface area contributed by atoms with E-state index in [0.29, 0.717) is 6.61 Å². The van der Waals surface area contributed by atoms with Crippen molar-refractivity contribution in [2.45, 2.75) is 6.04 Å². The molecule has 0 fully saturated rings. The number of benzene rings is 2. The predicted molar refractivity (Wildman–Crippen MR) is 82.0 cm³/mol. The first-order valence-corrected chi connectivity index (χ1v) is 6.93. The lowest BCUT2D eigenvalue weighted by Crippen LogP contribution is -2.19. The van der Waals surface area contributed by atoms with E-state index in [4.69, 9.17) is 10.5 Å². The molecule has 3 heteroatoms. The third-order valence-electron chi connectivity index (χ3n) is 3.75. The van der Waals surface area contributed by atoms with E-state index in [0.717, 1.165) is 17.9 Å². The first kappa shape index (κ1) is 13.2. The van der Waals surface area contributed by atoms with Crippen LogP contribution in [0, 0.1) is 0 Å². The minimum absolute atomic E-state index is 0.0430. The molecule has 2 aromatic rings. The molecular weight excluding hydrogens is 248 g/mol. The summed E-state index contributed by atoms with van der Waals surface area (Å²) in [6.45, 7) is 1.59. The molecule has 2 N–H and O–H groups in total. The number of likely N-dealkylation sites (N-methyl/N-ethyl adjacent to an activating group) is 1. The molecule has 3 nitrogen and oxygen atoms in total. The van der Waals surface area contributed by atoms with Gasteiger partial charge in [-0.05, 0) is 48.5 Å². The zero-order valence-corrected chi connectivity index (χ0v) is 12.0. The molecule has 0 radical (unpaired) electrons. The summed E-state index contributed by atoms with van der Waals surface area (Å²) < 4.78 is 5.79. The molecule has 0 saturated heterocycles. The third kappa shape index (κ3) is 2.30. The second kappa shape index (κ2) is 5.27. The zero-order chi connectivity index (χ0) is 14.1. The lowest BCUT2D eigenvalue weighted by atomic mass is 10.1. The number of fused-ring (bicyclic) bond motifs is 3. The molecule has 0 bridgehead atoms. The second-order valence-electron chi connectivity index (χ2n) is 5.47. The molecule has 0 aromatic heterocycles. The largest absolute Gasteiger partial charge is 0.492 e. The van der Waals surface area contributed by atoms with Crippen LogP contribution in [0.15, 0.2) is 42.5 Å². The van der Waals surface area contributed by atoms with Gasteiger partial charge in [0.15, 0.2) is 0 Å². The Hall–Kier alpha value is -1.84. The molecule has 2 aromatic carbocycles. The maximum absolute atomic E-state index is 6.34. The molecule has 20 heavy (non-hydrogen) atoms. The average molecular weight is 268 g/mol. The maximum Gasteiger partial charge on any atom is 0.119 e. The minimum atomic E-state index is -0.0430. The second-order valence-corrected chi connectivity index (χ2v) is 5.47. The highest BCUT2D eigenvalue weighted by Crippen LogP contribution is 2.43. The Kier molecular flexibility index (Phi) is 3.47. The topological polar surface area (TPSA) is 38.5 Å². The van der Waals surface area contributed by atoms with Crippen LogP contribution in [0.4, 0.5) is 0 Å². The summed E-state index contributed by atoms with van der Waals surface area (Å²) in [6, 6.07) is 14.5. The van der Waals surface area contributed by atoms with Gasteiger partial charge in [0.25, 0.3) is 0 Å². The van der Waals surface area contributed by atoms with E-state index in [-0.39, 0.29) is 6.04 Å². The summed E-state index contributed by atoms with van der Waals surface area (Å²) in [7, 11) is 4.08. The highest BCUT2D eigenvalue weighted by atomic mass is 16.5. The van der Waals surface area contributed by atoms with Crippen LogP contribution < -0.4 is 10.5 Å². The zero-order valence-electron chi connectivity index (χ0n) is 12.0. The summed E-state index contributed by atoms with van der Waals surface area (Å²) >= 11 is 0. The monoisotopic (exact) mass is 268 g/mol. The van der Waals surface area contributed by atoms with Crippen molar-refractivity contribution in [3.63, 3.8) is 0 Å². The van der Waals surface area contributed by atoms with E-state index >= 15 is 0 Å². The fraction of sp³-hybridized carbons (Fsp3) is 0.294. The number of ether oxygens (including phenoxy) is 1. The number of hydrogen-bond acceptors (Lipinski definition) is 3. The van der Waals surface area contributed by atoms with Crippen molar-refractivity contribution in [2.75, 3.05) is 27.2 Å². The maximum atomic E-state index is 6.34. The van der Waals surface area contributed by atoms with E-state index in [1.54, 1.807) is 0 Å². The SMILES string of the molecule is CN(C)CCOc1ccc2c(c1)C(N)c1ccccc1-2. The summed E-state index contributed by atoms with van der Waals surface area (Å²) in [5.41, 5.74) is 11.2. The summed E-state index contributed by atoms with van der Waals surface area (Å²) in [5.74, 6) is 0.897. The van der Waals surface area contributed by atoms with Crippen molar-refractivity contribution in [3.8, 4) is 16.9 Å². The number of nitrogens with zero attached hydrogens (tertiary/aromatic N) is 1. The van der Waals surface area contributed by atoms with E-state index in [1.165, 1.54) is 16.7 Å². The van der Waals surface area contributed by atoms with E-state index in [9.17, 15) is 0 Å². The van der Waals surface area contributed by atoms with Crippen molar-refractivity contribution in [3.05, 3.63) is 53.6 Å². The van der Waals surface area contributed by atoms with E-state index < -0.39 is 0 Å². The van der Waals surface area contributed by atoms with Gasteiger partial charge >= 0.3 is 0 Å². The molecule has 104 valence electrons. The summed E-state index contributed by atoms with van der Waals surface area (Å²) in [6.07, 6.45) is 0. The van der Waals surface area contributed by atoms with Gasteiger partial charge in [0.05, 0.1) is 6.04 Å². The van der Waals surface area contributed by atoms with Gasteiger partial charge in [-0.3, -0.25) is 0 Å². The average Bonchev–Trinajstić information content (AvgIpc) is 2.73. The van der Waals surface area contributed by atoms with Crippen LogP contribution in [0.3, 0.4) is 0 Å². The normalized spacial score (nSPS) is 16.1. The first-order valence-electron chi connectivity index (χ1n) is 6.93. The molecular formula is C17H20N2O. The molecule has 0 amide bonds. The van der Waals surface area contributed by atoms with Crippen LogP contribution in [-0.2, 0) is 0 Å². The summed E-state index contributed by atoms with van der Waals surface area (Å²) in [5, 5.41) is 0. The molecule has 1 unspecified atom stereocenters. The lowest BCUT2D eigenvalue weighted by molar-refractivity contribution is 0.261. The molecule has 3 rings (SSSR count). The third-order valence-corrected chi connectivity index (χ3v) is 3.75. The molecule has 0 heterocycles. The Morgan fingerprint density at radius 3 is 2.60 bits per heavy atom. The van der Waals surface area contributed by atoms with E-state index in [1.807, 2.05) is 26.2 Å². The van der Waals surface area contributed by atoms with Crippen LogP contribution >= 0.6 is 0 Å². The van der Waals surface area contributed by atoms with Crippen LogP contribution in [-0.4, -0.2) is 32.1 Å². The Bertz CT molecular complexity index is 622. The Balaban J connectivity index is 1.85. The molecule has 0 spiro atoms. The van der Waals surface area contributed by atoms with Crippen LogP contribution in [0.1, 0.15) is 17.2 Å². The molecule has 1 aliphatic rings. The van der Waals surface area contributed by atoms with Gasteiger partial charge in [-0.2, -0.15) is 0 Å². The van der Waals surface area contributed by atoms with Crippen molar-refractivity contribution < 1.29 is 4.74 Å². The standard InChI is InChI=1S/C17H20N2O/c1-19(2)9-10-20-12-7-8-14-13-5-3-4-6-15(13)17(18)16(14)11-12/h3-8,11,17H,9-10,18H2,1-2H3. The van der Waals surface area contributed by atoms with Gasteiger partial charge in [0.2, 0.25) is 0 Å². The van der Waals surface area contributed by atoms with Crippen LogP contribution in [0.25, 0.3) is 11.1 Å². The van der Waals surface area contributed by atoms with Crippen molar-refractivity contribution in [1.82, 2.24) is 4.90 Å². The van der Waals surface area contributed by atoms with Crippen LogP contribution in [0.5, 0.6) is 5.75 Å². The lowest BCUT2D eigenvalue weighted by Gasteiger charge is -2.13. The first-order chi connectivity index (χ1) is 9.66. The van der Waals surface area contributed by atoms with Crippen LogP contribution in [0.2, 0.25) is 0 Å². The van der Waals surface area contributed by atoms with Gasteiger partial charge in [-0.15, -0.1) is 0 Å². The van der Waals surface area contributed by atoms with Gasteiger partial charge in [0, 0.05) is 6.54 Å². The quantitative estimate of drug-likeness (QED) is 0.926. The molecule has 1 aliphatic carbocycles. The molecule has 1 atom stereocenters. The van der Waals surface area contributed by atoms with Gasteiger partial charge in [0.1, 0.15) is 12.4 Å². The minimum Gasteiger partial charge on any atom is -0.492 e. The number of rotatable bonds is 4. The highest BCUT2D eigenvalue weighted by Gasteiger charge is 2.25. The number of nitrogens with two attached hydrogens (primary N) is 1. The van der Waals surface area contributed by atoms with Gasteiger partial charge in [-0.25, -0.2) is 0 Å². The summed E-state index contributed by atoms with van der Waals surface area (Å²) in [4.78, 5) is 2.11. The van der Waals surface area contributed by atoms with Crippen molar-refractivity contribution in [2.24, 2.45) is 5.73 Å². The van der Waals surface area contributed by atoms with Gasteiger partial charge < -0.3 is 15.4 Å². The van der Waals surface area contributed by atoms with E-state index in [2.05, 4.69) is 35.2 Å². The Labute approximate surface area is 120 Å². The van der Waals surface area contributed by atoms with Crippen molar-refractivity contribution >= 4 is 0 Å².